The Labute approximate surface area is 121 Å². The summed E-state index contributed by atoms with van der Waals surface area (Å²) in [7, 11) is 0. The molecule has 3 atom stereocenters. The molecular formula is C16H16F2N2O. The van der Waals surface area contributed by atoms with Crippen molar-refractivity contribution in [3.63, 3.8) is 0 Å². The number of halogens is 2. The maximum Gasteiger partial charge on any atom is 0.273 e. The van der Waals surface area contributed by atoms with Gasteiger partial charge in [0.2, 0.25) is 0 Å². The Morgan fingerprint density at radius 3 is 2.95 bits per heavy atom. The lowest BCUT2D eigenvalue weighted by molar-refractivity contribution is -0.160. The summed E-state index contributed by atoms with van der Waals surface area (Å²) in [5.74, 6) is -3.48. The lowest BCUT2D eigenvalue weighted by atomic mass is 9.77. The lowest BCUT2D eigenvalue weighted by Gasteiger charge is -2.38. The second kappa shape index (κ2) is 4.37. The van der Waals surface area contributed by atoms with E-state index in [4.69, 9.17) is 0 Å². The van der Waals surface area contributed by atoms with E-state index in [1.54, 1.807) is 12.5 Å². The van der Waals surface area contributed by atoms with E-state index in [2.05, 4.69) is 4.98 Å². The third-order valence-electron chi connectivity index (χ3n) is 4.81. The first-order chi connectivity index (χ1) is 10.1. The van der Waals surface area contributed by atoms with E-state index in [0.29, 0.717) is 12.8 Å². The van der Waals surface area contributed by atoms with Crippen LogP contribution in [-0.2, 0) is 0 Å². The SMILES string of the molecule is O[C@H]1C([C@@H]2c3ccccc3-c3cncn32)CCCC1(F)F. The quantitative estimate of drug-likeness (QED) is 0.875. The Morgan fingerprint density at radius 1 is 1.29 bits per heavy atom. The third kappa shape index (κ3) is 1.77. The van der Waals surface area contributed by atoms with E-state index < -0.39 is 17.9 Å². The van der Waals surface area contributed by atoms with Gasteiger partial charge in [0.25, 0.3) is 5.92 Å². The Kier molecular flexibility index (Phi) is 2.70. The van der Waals surface area contributed by atoms with Gasteiger partial charge in [-0.15, -0.1) is 0 Å². The summed E-state index contributed by atoms with van der Waals surface area (Å²) in [5, 5.41) is 10.2. The Morgan fingerprint density at radius 2 is 2.10 bits per heavy atom. The van der Waals surface area contributed by atoms with Crippen LogP contribution in [0.25, 0.3) is 11.3 Å². The van der Waals surface area contributed by atoms with Crippen LogP contribution < -0.4 is 0 Å². The minimum atomic E-state index is -3.00. The highest BCUT2D eigenvalue weighted by Crippen LogP contribution is 2.49. The molecular weight excluding hydrogens is 274 g/mol. The van der Waals surface area contributed by atoms with Crippen molar-refractivity contribution in [3.05, 3.63) is 42.4 Å². The first-order valence-electron chi connectivity index (χ1n) is 7.26. The standard InChI is InChI=1S/C16H16F2N2O/c17-16(18)7-3-6-12(15(16)21)14-11-5-2-1-4-10(11)13-8-19-9-20(13)14/h1-2,4-5,8-9,12,14-15,21H,3,6-7H2/t12?,14-,15-/m0/s1. The number of aliphatic hydroxyl groups is 1. The first-order valence-corrected chi connectivity index (χ1v) is 7.26. The summed E-state index contributed by atoms with van der Waals surface area (Å²) in [6.07, 6.45) is 2.66. The molecule has 4 rings (SSSR count). The van der Waals surface area contributed by atoms with Gasteiger partial charge >= 0.3 is 0 Å². The fourth-order valence-electron chi connectivity index (χ4n) is 3.83. The molecule has 0 bridgehead atoms. The van der Waals surface area contributed by atoms with Crippen molar-refractivity contribution < 1.29 is 13.9 Å². The van der Waals surface area contributed by atoms with Crippen LogP contribution in [0.5, 0.6) is 0 Å². The molecule has 0 amide bonds. The highest BCUT2D eigenvalue weighted by atomic mass is 19.3. The molecule has 1 unspecified atom stereocenters. The second-order valence-electron chi connectivity index (χ2n) is 5.98. The van der Waals surface area contributed by atoms with Gasteiger partial charge < -0.3 is 9.67 Å². The summed E-state index contributed by atoms with van der Waals surface area (Å²) in [6, 6.07) is 7.55. The molecule has 0 saturated heterocycles. The zero-order valence-electron chi connectivity index (χ0n) is 11.4. The average Bonchev–Trinajstić information content (AvgIpc) is 3.03. The number of aliphatic hydroxyl groups excluding tert-OH is 1. The molecule has 1 aliphatic heterocycles. The van der Waals surface area contributed by atoms with E-state index in [1.165, 1.54) is 0 Å². The van der Waals surface area contributed by atoms with Gasteiger partial charge in [-0.3, -0.25) is 0 Å². The maximum absolute atomic E-state index is 13.9. The van der Waals surface area contributed by atoms with Crippen LogP contribution in [0.3, 0.4) is 0 Å². The van der Waals surface area contributed by atoms with Gasteiger partial charge in [-0.25, -0.2) is 13.8 Å². The molecule has 1 aliphatic carbocycles. The number of imidazole rings is 1. The number of fused-ring (bicyclic) bond motifs is 3. The summed E-state index contributed by atoms with van der Waals surface area (Å²) in [4.78, 5) is 4.14. The number of nitrogens with zero attached hydrogens (tertiary/aromatic N) is 2. The fraction of sp³-hybridized carbons (Fsp3) is 0.438. The van der Waals surface area contributed by atoms with E-state index in [-0.39, 0.29) is 12.5 Å². The van der Waals surface area contributed by atoms with Gasteiger partial charge in [0.1, 0.15) is 6.10 Å². The Balaban J connectivity index is 1.82. The van der Waals surface area contributed by atoms with E-state index >= 15 is 0 Å². The molecule has 1 fully saturated rings. The van der Waals surface area contributed by atoms with Crippen LogP contribution in [-0.4, -0.2) is 26.7 Å². The van der Waals surface area contributed by atoms with Crippen molar-refractivity contribution in [2.75, 3.05) is 0 Å². The van der Waals surface area contributed by atoms with E-state index in [0.717, 1.165) is 16.8 Å². The van der Waals surface area contributed by atoms with Gasteiger partial charge in [0, 0.05) is 17.9 Å². The normalized spacial score (nSPS) is 30.0. The Bertz CT molecular complexity index is 682. The van der Waals surface area contributed by atoms with Crippen molar-refractivity contribution >= 4 is 0 Å². The Hall–Kier alpha value is -1.75. The molecule has 2 aromatic rings. The number of alkyl halides is 2. The molecule has 0 spiro atoms. The number of rotatable bonds is 1. The van der Waals surface area contributed by atoms with Crippen LogP contribution in [0.15, 0.2) is 36.8 Å². The molecule has 5 heteroatoms. The predicted octanol–water partition coefficient (Wildman–Crippen LogP) is 3.25. The summed E-state index contributed by atoms with van der Waals surface area (Å²) in [6.45, 7) is 0. The smallest absolute Gasteiger partial charge is 0.273 e. The molecule has 110 valence electrons. The fourth-order valence-corrected chi connectivity index (χ4v) is 3.83. The first kappa shape index (κ1) is 13.0. The van der Waals surface area contributed by atoms with Crippen molar-refractivity contribution in [2.45, 2.75) is 37.3 Å². The van der Waals surface area contributed by atoms with E-state index in [9.17, 15) is 13.9 Å². The summed E-state index contributed by atoms with van der Waals surface area (Å²) in [5.41, 5.74) is 2.98. The molecule has 21 heavy (non-hydrogen) atoms. The topological polar surface area (TPSA) is 38.1 Å². The van der Waals surface area contributed by atoms with Crippen LogP contribution >= 0.6 is 0 Å². The second-order valence-corrected chi connectivity index (χ2v) is 5.98. The van der Waals surface area contributed by atoms with Gasteiger partial charge in [-0.1, -0.05) is 24.3 Å². The summed E-state index contributed by atoms with van der Waals surface area (Å²) < 4.78 is 29.7. The molecule has 1 aromatic carbocycles. The molecule has 0 radical (unpaired) electrons. The molecule has 1 saturated carbocycles. The molecule has 1 aromatic heterocycles. The lowest BCUT2D eigenvalue weighted by Crippen LogP contribution is -2.46. The van der Waals surface area contributed by atoms with E-state index in [1.807, 2.05) is 28.8 Å². The van der Waals surface area contributed by atoms with Crippen LogP contribution in [0.1, 0.15) is 30.9 Å². The average molecular weight is 290 g/mol. The molecule has 2 aliphatic rings. The van der Waals surface area contributed by atoms with Crippen LogP contribution in [0.2, 0.25) is 0 Å². The zero-order valence-corrected chi connectivity index (χ0v) is 11.4. The zero-order chi connectivity index (χ0) is 14.6. The molecule has 3 nitrogen and oxygen atoms in total. The number of hydrogen-bond donors (Lipinski definition) is 1. The highest BCUT2D eigenvalue weighted by molar-refractivity contribution is 5.69. The monoisotopic (exact) mass is 290 g/mol. The molecule has 1 N–H and O–H groups in total. The van der Waals surface area contributed by atoms with Crippen LogP contribution in [0.4, 0.5) is 8.78 Å². The van der Waals surface area contributed by atoms with Gasteiger partial charge in [-0.05, 0) is 18.4 Å². The largest absolute Gasteiger partial charge is 0.386 e. The predicted molar refractivity (Wildman–Crippen MR) is 74.1 cm³/mol. The molecule has 2 heterocycles. The highest BCUT2D eigenvalue weighted by Gasteiger charge is 2.50. The minimum Gasteiger partial charge on any atom is -0.386 e. The van der Waals surface area contributed by atoms with Crippen LogP contribution in [0, 0.1) is 5.92 Å². The number of aromatic nitrogens is 2. The number of benzene rings is 1. The van der Waals surface area contributed by atoms with Crippen molar-refractivity contribution in [1.82, 2.24) is 9.55 Å². The minimum absolute atomic E-state index is 0.226. The summed E-state index contributed by atoms with van der Waals surface area (Å²) >= 11 is 0. The van der Waals surface area contributed by atoms with Crippen molar-refractivity contribution in [3.8, 4) is 11.3 Å². The van der Waals surface area contributed by atoms with Crippen molar-refractivity contribution in [2.24, 2.45) is 5.92 Å². The van der Waals surface area contributed by atoms with Crippen molar-refractivity contribution in [1.29, 1.82) is 0 Å². The van der Waals surface area contributed by atoms with Gasteiger partial charge in [-0.2, -0.15) is 0 Å². The third-order valence-corrected chi connectivity index (χ3v) is 4.81. The van der Waals surface area contributed by atoms with Gasteiger partial charge in [0.15, 0.2) is 0 Å². The van der Waals surface area contributed by atoms with Gasteiger partial charge in [0.05, 0.1) is 24.3 Å². The maximum atomic E-state index is 13.9. The number of hydrogen-bond acceptors (Lipinski definition) is 2.